The van der Waals surface area contributed by atoms with E-state index >= 15 is 0 Å². The first-order valence-electron chi connectivity index (χ1n) is 5.57. The Morgan fingerprint density at radius 1 is 1.21 bits per heavy atom. The van der Waals surface area contributed by atoms with Crippen LogP contribution in [-0.4, -0.2) is 13.0 Å². The van der Waals surface area contributed by atoms with Crippen LogP contribution in [0, 0.1) is 5.82 Å². The average molecular weight is 279 g/mol. The SMILES string of the molecule is CN(C(=O)c1cc(Cl)ccc1F)c1ccc(N)cc1. The fourth-order valence-electron chi connectivity index (χ4n) is 1.66. The van der Waals surface area contributed by atoms with Crippen LogP contribution in [0.15, 0.2) is 42.5 Å². The van der Waals surface area contributed by atoms with Crippen LogP contribution in [0.5, 0.6) is 0 Å². The highest BCUT2D eigenvalue weighted by Crippen LogP contribution is 2.20. The molecule has 2 N–H and O–H groups in total. The number of hydrogen-bond donors (Lipinski definition) is 1. The highest BCUT2D eigenvalue weighted by atomic mass is 35.5. The van der Waals surface area contributed by atoms with Gasteiger partial charge in [-0.25, -0.2) is 4.39 Å². The number of nitrogens with zero attached hydrogens (tertiary/aromatic N) is 1. The molecule has 0 atom stereocenters. The number of carbonyl (C=O) groups is 1. The van der Waals surface area contributed by atoms with Crippen LogP contribution in [0.1, 0.15) is 10.4 Å². The summed E-state index contributed by atoms with van der Waals surface area (Å²) in [5, 5.41) is 0.315. The van der Waals surface area contributed by atoms with E-state index in [1.165, 1.54) is 23.1 Å². The van der Waals surface area contributed by atoms with Gasteiger partial charge in [-0.05, 0) is 42.5 Å². The first-order valence-corrected chi connectivity index (χ1v) is 5.95. The van der Waals surface area contributed by atoms with Crippen molar-refractivity contribution >= 4 is 28.9 Å². The largest absolute Gasteiger partial charge is 0.399 e. The van der Waals surface area contributed by atoms with Gasteiger partial charge in [0.25, 0.3) is 5.91 Å². The summed E-state index contributed by atoms with van der Waals surface area (Å²) in [7, 11) is 1.56. The van der Waals surface area contributed by atoms with Gasteiger partial charge >= 0.3 is 0 Å². The van der Waals surface area contributed by atoms with E-state index in [1.807, 2.05) is 0 Å². The smallest absolute Gasteiger partial charge is 0.261 e. The molecule has 0 aliphatic heterocycles. The standard InChI is InChI=1S/C14H12ClFN2O/c1-18(11-5-3-10(17)4-6-11)14(19)12-8-9(15)2-7-13(12)16/h2-8H,17H2,1H3. The van der Waals surface area contributed by atoms with E-state index in [9.17, 15) is 9.18 Å². The third-order valence-electron chi connectivity index (χ3n) is 2.74. The van der Waals surface area contributed by atoms with E-state index in [0.29, 0.717) is 16.4 Å². The van der Waals surface area contributed by atoms with Gasteiger partial charge in [0.05, 0.1) is 5.56 Å². The van der Waals surface area contributed by atoms with Gasteiger partial charge in [-0.2, -0.15) is 0 Å². The maximum absolute atomic E-state index is 13.6. The summed E-state index contributed by atoms with van der Waals surface area (Å²) in [5.74, 6) is -1.07. The number of nitrogens with two attached hydrogens (primary N) is 1. The van der Waals surface area contributed by atoms with Crippen molar-refractivity contribution in [3.05, 3.63) is 58.9 Å². The Morgan fingerprint density at radius 2 is 1.84 bits per heavy atom. The molecule has 19 heavy (non-hydrogen) atoms. The Morgan fingerprint density at radius 3 is 2.47 bits per heavy atom. The monoisotopic (exact) mass is 278 g/mol. The Bertz CT molecular complexity index is 613. The Balaban J connectivity index is 2.33. The minimum absolute atomic E-state index is 0.0631. The molecule has 0 aliphatic carbocycles. The van der Waals surface area contributed by atoms with Crippen LogP contribution in [0.3, 0.4) is 0 Å². The molecule has 0 spiro atoms. The summed E-state index contributed by atoms with van der Waals surface area (Å²) in [5.41, 5.74) is 6.73. The van der Waals surface area contributed by atoms with Crippen molar-refractivity contribution < 1.29 is 9.18 Å². The van der Waals surface area contributed by atoms with Gasteiger partial charge in [0.15, 0.2) is 0 Å². The molecular formula is C14H12ClFN2O. The van der Waals surface area contributed by atoms with Gasteiger partial charge in [0, 0.05) is 23.4 Å². The van der Waals surface area contributed by atoms with Crippen molar-refractivity contribution in [1.82, 2.24) is 0 Å². The van der Waals surface area contributed by atoms with Crippen LogP contribution in [0.25, 0.3) is 0 Å². The summed E-state index contributed by atoms with van der Waals surface area (Å²) in [6, 6.07) is 10.6. The molecule has 0 saturated carbocycles. The quantitative estimate of drug-likeness (QED) is 0.857. The Hall–Kier alpha value is -2.07. The van der Waals surface area contributed by atoms with E-state index < -0.39 is 11.7 Å². The summed E-state index contributed by atoms with van der Waals surface area (Å²) in [6.45, 7) is 0. The number of halogens is 2. The van der Waals surface area contributed by atoms with E-state index in [2.05, 4.69) is 0 Å². The lowest BCUT2D eigenvalue weighted by Crippen LogP contribution is -2.27. The third kappa shape index (κ3) is 2.85. The molecule has 0 fully saturated rings. The zero-order valence-electron chi connectivity index (χ0n) is 10.2. The summed E-state index contributed by atoms with van der Waals surface area (Å²) >= 11 is 5.78. The van der Waals surface area contributed by atoms with Crippen molar-refractivity contribution in [2.24, 2.45) is 0 Å². The molecule has 0 heterocycles. The number of carbonyl (C=O) groups excluding carboxylic acids is 1. The van der Waals surface area contributed by atoms with Gasteiger partial charge in [-0.1, -0.05) is 11.6 Å². The fourth-order valence-corrected chi connectivity index (χ4v) is 1.83. The number of nitrogen functional groups attached to an aromatic ring is 1. The zero-order valence-corrected chi connectivity index (χ0v) is 11.0. The maximum atomic E-state index is 13.6. The molecule has 3 nitrogen and oxygen atoms in total. The molecule has 98 valence electrons. The first kappa shape index (κ1) is 13.4. The van der Waals surface area contributed by atoms with E-state index in [-0.39, 0.29) is 5.56 Å². The topological polar surface area (TPSA) is 46.3 Å². The number of amides is 1. The summed E-state index contributed by atoms with van der Waals surface area (Å²) in [6.07, 6.45) is 0. The molecule has 0 saturated heterocycles. The van der Waals surface area contributed by atoms with E-state index in [0.717, 1.165) is 0 Å². The molecular weight excluding hydrogens is 267 g/mol. The van der Waals surface area contributed by atoms with Gasteiger partial charge in [0.1, 0.15) is 5.82 Å². The van der Waals surface area contributed by atoms with E-state index in [4.69, 9.17) is 17.3 Å². The fraction of sp³-hybridized carbons (Fsp3) is 0.0714. The van der Waals surface area contributed by atoms with Crippen molar-refractivity contribution in [3.63, 3.8) is 0 Å². The molecule has 2 aromatic carbocycles. The molecule has 0 unspecified atom stereocenters. The molecule has 0 aromatic heterocycles. The summed E-state index contributed by atoms with van der Waals surface area (Å²) < 4.78 is 13.6. The maximum Gasteiger partial charge on any atom is 0.261 e. The molecule has 0 radical (unpaired) electrons. The van der Waals surface area contributed by atoms with Gasteiger partial charge in [-0.3, -0.25) is 4.79 Å². The first-order chi connectivity index (χ1) is 8.99. The van der Waals surface area contributed by atoms with Crippen molar-refractivity contribution in [2.45, 2.75) is 0 Å². The minimum atomic E-state index is -0.600. The van der Waals surface area contributed by atoms with Gasteiger partial charge < -0.3 is 10.6 Å². The highest BCUT2D eigenvalue weighted by molar-refractivity contribution is 6.31. The average Bonchev–Trinajstić information content (AvgIpc) is 2.41. The van der Waals surface area contributed by atoms with Gasteiger partial charge in [-0.15, -0.1) is 0 Å². The lowest BCUT2D eigenvalue weighted by atomic mass is 10.1. The third-order valence-corrected chi connectivity index (χ3v) is 2.98. The summed E-state index contributed by atoms with van der Waals surface area (Å²) in [4.78, 5) is 13.5. The lowest BCUT2D eigenvalue weighted by molar-refractivity contribution is 0.0989. The molecule has 0 aliphatic rings. The molecule has 2 rings (SSSR count). The second-order valence-corrected chi connectivity index (χ2v) is 4.52. The Labute approximate surface area is 115 Å². The lowest BCUT2D eigenvalue weighted by Gasteiger charge is -2.18. The van der Waals surface area contributed by atoms with Crippen LogP contribution >= 0.6 is 11.6 Å². The predicted molar refractivity (Wildman–Crippen MR) is 75.0 cm³/mol. The van der Waals surface area contributed by atoms with Gasteiger partial charge in [0.2, 0.25) is 0 Å². The number of benzene rings is 2. The number of rotatable bonds is 2. The van der Waals surface area contributed by atoms with Crippen LogP contribution in [-0.2, 0) is 0 Å². The second-order valence-electron chi connectivity index (χ2n) is 4.08. The highest BCUT2D eigenvalue weighted by Gasteiger charge is 2.17. The molecule has 0 bridgehead atoms. The number of anilines is 2. The van der Waals surface area contributed by atoms with Crippen LogP contribution in [0.4, 0.5) is 15.8 Å². The number of hydrogen-bond acceptors (Lipinski definition) is 2. The van der Waals surface area contributed by atoms with Crippen molar-refractivity contribution in [3.8, 4) is 0 Å². The van der Waals surface area contributed by atoms with Crippen LogP contribution in [0.2, 0.25) is 5.02 Å². The van der Waals surface area contributed by atoms with Crippen molar-refractivity contribution in [1.29, 1.82) is 0 Å². The van der Waals surface area contributed by atoms with E-state index in [1.54, 1.807) is 31.3 Å². The minimum Gasteiger partial charge on any atom is -0.399 e. The second kappa shape index (κ2) is 5.28. The molecule has 5 heteroatoms. The predicted octanol–water partition coefficient (Wildman–Crippen LogP) is 3.34. The molecule has 1 amide bonds. The van der Waals surface area contributed by atoms with Crippen molar-refractivity contribution in [2.75, 3.05) is 17.7 Å². The molecule has 2 aromatic rings. The van der Waals surface area contributed by atoms with Crippen LogP contribution < -0.4 is 10.6 Å². The zero-order chi connectivity index (χ0) is 14.0. The Kier molecular flexibility index (Phi) is 3.71. The normalized spacial score (nSPS) is 10.3.